The van der Waals surface area contributed by atoms with Crippen LogP contribution in [0.5, 0.6) is 0 Å². The number of halogens is 2. The van der Waals surface area contributed by atoms with Crippen LogP contribution < -0.4 is 15.1 Å². The SMILES string of the molecule is CC(=O)NC[C@H]1CN(c2cc(F)c(N3CCC(Cc4nnn(C)n4)CC3)c(F)c2)C(O)O1. The number of ether oxygens (including phenoxy) is 1. The zero-order valence-electron chi connectivity index (χ0n) is 18.0. The first-order chi connectivity index (χ1) is 15.3. The summed E-state index contributed by atoms with van der Waals surface area (Å²) in [6, 6.07) is 2.42. The molecule has 12 heteroatoms. The van der Waals surface area contributed by atoms with Gasteiger partial charge in [-0.2, -0.15) is 4.80 Å². The molecule has 2 aliphatic rings. The van der Waals surface area contributed by atoms with Gasteiger partial charge in [-0.25, -0.2) is 8.78 Å². The molecule has 1 aromatic heterocycles. The van der Waals surface area contributed by atoms with Gasteiger partial charge in [0, 0.05) is 38.7 Å². The van der Waals surface area contributed by atoms with Gasteiger partial charge in [-0.1, -0.05) is 0 Å². The molecule has 0 saturated carbocycles. The van der Waals surface area contributed by atoms with Gasteiger partial charge in [0.1, 0.15) is 5.69 Å². The number of amides is 1. The number of carbonyl (C=O) groups excluding carboxylic acids is 1. The maximum Gasteiger partial charge on any atom is 0.238 e. The molecule has 2 atom stereocenters. The third-order valence-electron chi connectivity index (χ3n) is 5.84. The average molecular weight is 451 g/mol. The number of anilines is 2. The molecule has 0 aliphatic carbocycles. The van der Waals surface area contributed by atoms with E-state index in [0.29, 0.717) is 31.3 Å². The first kappa shape index (κ1) is 22.3. The average Bonchev–Trinajstić information content (AvgIpc) is 3.32. The van der Waals surface area contributed by atoms with Crippen LogP contribution in [0.15, 0.2) is 12.1 Å². The van der Waals surface area contributed by atoms with Crippen LogP contribution in [0.1, 0.15) is 25.6 Å². The van der Waals surface area contributed by atoms with Crippen molar-refractivity contribution < 1.29 is 23.4 Å². The molecule has 1 aromatic carbocycles. The Kier molecular flexibility index (Phi) is 6.51. The predicted octanol–water partition coefficient (Wildman–Crippen LogP) is 0.565. The van der Waals surface area contributed by atoms with Gasteiger partial charge in [0.25, 0.3) is 0 Å². The fourth-order valence-corrected chi connectivity index (χ4v) is 4.25. The number of benzene rings is 1. The van der Waals surface area contributed by atoms with Crippen molar-refractivity contribution in [3.05, 3.63) is 29.6 Å². The number of carbonyl (C=O) groups is 1. The van der Waals surface area contributed by atoms with E-state index >= 15 is 0 Å². The second-order valence-electron chi connectivity index (χ2n) is 8.26. The molecule has 1 amide bonds. The number of tetrazole rings is 1. The van der Waals surface area contributed by atoms with E-state index < -0.39 is 24.2 Å². The topological polar surface area (TPSA) is 109 Å². The normalized spacial score (nSPS) is 21.9. The van der Waals surface area contributed by atoms with Crippen molar-refractivity contribution in [3.63, 3.8) is 0 Å². The molecule has 3 heterocycles. The lowest BCUT2D eigenvalue weighted by Gasteiger charge is -2.34. The van der Waals surface area contributed by atoms with Crippen molar-refractivity contribution in [3.8, 4) is 0 Å². The number of nitrogens with one attached hydrogen (secondary N) is 1. The Bertz CT molecular complexity index is 941. The second kappa shape index (κ2) is 9.33. The molecule has 32 heavy (non-hydrogen) atoms. The number of nitrogens with zero attached hydrogens (tertiary/aromatic N) is 6. The number of hydrogen-bond donors (Lipinski definition) is 2. The maximum absolute atomic E-state index is 15.0. The van der Waals surface area contributed by atoms with Gasteiger partial charge in [0.05, 0.1) is 19.7 Å². The number of aryl methyl sites for hydroxylation is 1. The number of aliphatic hydroxyl groups is 1. The van der Waals surface area contributed by atoms with Gasteiger partial charge in [0.2, 0.25) is 12.3 Å². The van der Waals surface area contributed by atoms with E-state index in [1.807, 2.05) is 0 Å². The fraction of sp³-hybridized carbons (Fsp3) is 0.600. The Morgan fingerprint density at radius 1 is 1.28 bits per heavy atom. The maximum atomic E-state index is 15.0. The van der Waals surface area contributed by atoms with E-state index in [1.54, 1.807) is 11.9 Å². The summed E-state index contributed by atoms with van der Waals surface area (Å²) < 4.78 is 35.3. The first-order valence-corrected chi connectivity index (χ1v) is 10.6. The summed E-state index contributed by atoms with van der Waals surface area (Å²) in [6.07, 6.45) is 0.398. The highest BCUT2D eigenvalue weighted by Gasteiger charge is 2.33. The Morgan fingerprint density at radius 2 is 1.97 bits per heavy atom. The standard InChI is InChI=1S/C20H27F2N7O3/c1-12(30)23-10-15-11-29(20(31)32-15)14-8-16(21)19(17(22)9-14)28-5-3-13(4-6-28)7-18-24-26-27(2)25-18/h8-9,13,15,20,31H,3-7,10-11H2,1-2H3,(H,23,30)/t15-,20?/m0/s1. The molecule has 2 N–H and O–H groups in total. The van der Waals surface area contributed by atoms with Gasteiger partial charge >= 0.3 is 0 Å². The Hall–Kier alpha value is -2.86. The van der Waals surface area contributed by atoms with Crippen molar-refractivity contribution in [2.45, 2.75) is 38.7 Å². The van der Waals surface area contributed by atoms with Crippen molar-refractivity contribution in [1.82, 2.24) is 25.5 Å². The lowest BCUT2D eigenvalue weighted by Crippen LogP contribution is -2.36. The quantitative estimate of drug-likeness (QED) is 0.656. The molecule has 0 spiro atoms. The lowest BCUT2D eigenvalue weighted by atomic mass is 9.93. The molecule has 2 fully saturated rings. The molecule has 174 valence electrons. The number of aliphatic hydroxyl groups excluding tert-OH is 1. The summed E-state index contributed by atoms with van der Waals surface area (Å²) in [5.41, 5.74) is 0.124. The summed E-state index contributed by atoms with van der Waals surface area (Å²) in [6.45, 7) is 2.81. The minimum atomic E-state index is -1.34. The smallest absolute Gasteiger partial charge is 0.238 e. The number of piperidine rings is 1. The van der Waals surface area contributed by atoms with Crippen molar-refractivity contribution >= 4 is 17.3 Å². The van der Waals surface area contributed by atoms with E-state index in [2.05, 4.69) is 20.7 Å². The Morgan fingerprint density at radius 3 is 2.56 bits per heavy atom. The van der Waals surface area contributed by atoms with Crippen LogP contribution in [0.25, 0.3) is 0 Å². The summed E-state index contributed by atoms with van der Waals surface area (Å²) >= 11 is 0. The number of rotatable bonds is 6. The van der Waals surface area contributed by atoms with Crippen molar-refractivity contribution in [2.75, 3.05) is 36.0 Å². The third kappa shape index (κ3) is 4.96. The van der Waals surface area contributed by atoms with E-state index in [4.69, 9.17) is 4.74 Å². The van der Waals surface area contributed by atoms with Gasteiger partial charge < -0.3 is 25.0 Å². The van der Waals surface area contributed by atoms with Crippen LogP contribution in [0, 0.1) is 17.6 Å². The third-order valence-corrected chi connectivity index (χ3v) is 5.84. The lowest BCUT2D eigenvalue weighted by molar-refractivity contribution is -0.121. The molecule has 2 aromatic rings. The van der Waals surface area contributed by atoms with Crippen LogP contribution >= 0.6 is 0 Å². The molecular formula is C20H27F2N7O3. The molecule has 2 saturated heterocycles. The van der Waals surface area contributed by atoms with Crippen molar-refractivity contribution in [1.29, 1.82) is 0 Å². The first-order valence-electron chi connectivity index (χ1n) is 10.6. The minimum Gasteiger partial charge on any atom is -0.367 e. The largest absolute Gasteiger partial charge is 0.367 e. The summed E-state index contributed by atoms with van der Waals surface area (Å²) in [5.74, 6) is -0.591. The summed E-state index contributed by atoms with van der Waals surface area (Å²) in [7, 11) is 1.71. The van der Waals surface area contributed by atoms with Crippen LogP contribution in [-0.4, -0.2) is 69.9 Å². The Labute approximate surface area is 184 Å². The molecule has 2 aliphatic heterocycles. The van der Waals surface area contributed by atoms with Gasteiger partial charge in [0.15, 0.2) is 17.5 Å². The monoisotopic (exact) mass is 451 g/mol. The van der Waals surface area contributed by atoms with E-state index in [0.717, 1.165) is 12.8 Å². The highest BCUT2D eigenvalue weighted by Crippen LogP contribution is 2.34. The zero-order chi connectivity index (χ0) is 22.8. The van der Waals surface area contributed by atoms with Gasteiger partial charge in [-0.3, -0.25) is 4.79 Å². The molecule has 4 rings (SSSR count). The van der Waals surface area contributed by atoms with Crippen molar-refractivity contribution in [2.24, 2.45) is 13.0 Å². The summed E-state index contributed by atoms with van der Waals surface area (Å²) in [4.78, 5) is 15.6. The van der Waals surface area contributed by atoms with Gasteiger partial charge in [-0.15, -0.1) is 10.2 Å². The fourth-order valence-electron chi connectivity index (χ4n) is 4.25. The number of hydrogen-bond acceptors (Lipinski definition) is 8. The van der Waals surface area contributed by atoms with Crippen LogP contribution in [-0.2, 0) is 23.0 Å². The minimum absolute atomic E-state index is 0.0609. The van der Waals surface area contributed by atoms with Crippen LogP contribution in [0.2, 0.25) is 0 Å². The second-order valence-corrected chi connectivity index (χ2v) is 8.26. The highest BCUT2D eigenvalue weighted by molar-refractivity contribution is 5.72. The van der Waals surface area contributed by atoms with E-state index in [9.17, 15) is 18.7 Å². The highest BCUT2D eigenvalue weighted by atomic mass is 19.1. The number of aromatic nitrogens is 4. The van der Waals surface area contributed by atoms with E-state index in [1.165, 1.54) is 28.8 Å². The predicted molar refractivity (Wildman–Crippen MR) is 111 cm³/mol. The molecular weight excluding hydrogens is 424 g/mol. The molecule has 10 nitrogen and oxygen atoms in total. The van der Waals surface area contributed by atoms with Crippen LogP contribution in [0.3, 0.4) is 0 Å². The molecule has 1 unspecified atom stereocenters. The summed E-state index contributed by atoms with van der Waals surface area (Å²) in [5, 5.41) is 24.8. The van der Waals surface area contributed by atoms with E-state index in [-0.39, 0.29) is 30.4 Å². The Balaban J connectivity index is 1.39. The van der Waals surface area contributed by atoms with Crippen LogP contribution in [0.4, 0.5) is 20.2 Å². The zero-order valence-corrected chi connectivity index (χ0v) is 18.0. The molecule has 0 radical (unpaired) electrons. The van der Waals surface area contributed by atoms with Gasteiger partial charge in [-0.05, 0) is 36.1 Å². The molecule has 0 bridgehead atoms.